The summed E-state index contributed by atoms with van der Waals surface area (Å²) in [6.45, 7) is 8.03. The van der Waals surface area contributed by atoms with E-state index in [4.69, 9.17) is 18.9 Å². The number of unbranched alkanes of at least 4 members (excludes halogenated alkanes) is 1. The molecule has 0 aromatic heterocycles. The fourth-order valence-corrected chi connectivity index (χ4v) is 4.20. The lowest BCUT2D eigenvalue weighted by Gasteiger charge is -2.28. The molecule has 3 aliphatic rings. The molecular weight excluding hydrogens is 332 g/mol. The van der Waals surface area contributed by atoms with Gasteiger partial charge in [0.15, 0.2) is 29.5 Å². The lowest BCUT2D eigenvalue weighted by atomic mass is 10.0. The predicted octanol–water partition coefficient (Wildman–Crippen LogP) is 1.66. The van der Waals surface area contributed by atoms with Gasteiger partial charge in [0.05, 0.1) is 6.04 Å². The zero-order valence-electron chi connectivity index (χ0n) is 14.6. The van der Waals surface area contributed by atoms with E-state index in [1.807, 2.05) is 13.8 Å². The molecule has 3 saturated heterocycles. The van der Waals surface area contributed by atoms with Crippen LogP contribution in [0.3, 0.4) is 0 Å². The van der Waals surface area contributed by atoms with E-state index >= 15 is 0 Å². The van der Waals surface area contributed by atoms with E-state index in [0.717, 1.165) is 30.3 Å². The average molecular weight is 358 g/mol. The number of amidine groups is 1. The highest BCUT2D eigenvalue weighted by Crippen LogP contribution is 2.40. The van der Waals surface area contributed by atoms with E-state index in [1.54, 1.807) is 11.8 Å². The molecule has 0 unspecified atom stereocenters. The van der Waals surface area contributed by atoms with Crippen LogP contribution in [-0.4, -0.2) is 59.9 Å². The lowest BCUT2D eigenvalue weighted by molar-refractivity contribution is -0.220. The monoisotopic (exact) mass is 358 g/mol. The number of carbonyl (C=O) groups is 1. The zero-order valence-corrected chi connectivity index (χ0v) is 15.4. The van der Waals surface area contributed by atoms with E-state index in [0.29, 0.717) is 0 Å². The van der Waals surface area contributed by atoms with E-state index < -0.39 is 24.3 Å². The SMILES string of the molecule is CCCCN=C1N[C@@H]([C@H]2O[C@@H]3OC(C)(C)O[C@@H]3[C@H]2OC(C)=O)CS1. The number of rotatable bonds is 5. The Balaban J connectivity index is 1.67. The van der Waals surface area contributed by atoms with Crippen molar-refractivity contribution in [2.75, 3.05) is 12.3 Å². The van der Waals surface area contributed by atoms with Gasteiger partial charge in [-0.25, -0.2) is 0 Å². The summed E-state index contributed by atoms with van der Waals surface area (Å²) >= 11 is 1.67. The van der Waals surface area contributed by atoms with Crippen LogP contribution in [-0.2, 0) is 23.7 Å². The number of nitrogens with one attached hydrogen (secondary N) is 1. The van der Waals surface area contributed by atoms with Crippen molar-refractivity contribution in [3.8, 4) is 0 Å². The van der Waals surface area contributed by atoms with Crippen LogP contribution in [0.4, 0.5) is 0 Å². The fourth-order valence-electron chi connectivity index (χ4n) is 3.17. The van der Waals surface area contributed by atoms with Crippen LogP contribution in [0.5, 0.6) is 0 Å². The third kappa shape index (κ3) is 3.87. The van der Waals surface area contributed by atoms with E-state index in [9.17, 15) is 4.79 Å². The van der Waals surface area contributed by atoms with Crippen LogP contribution in [0.25, 0.3) is 0 Å². The van der Waals surface area contributed by atoms with Gasteiger partial charge in [-0.2, -0.15) is 0 Å². The van der Waals surface area contributed by atoms with E-state index in [1.165, 1.54) is 6.92 Å². The van der Waals surface area contributed by atoms with Gasteiger partial charge >= 0.3 is 5.97 Å². The van der Waals surface area contributed by atoms with Gasteiger partial charge in [-0.15, -0.1) is 0 Å². The number of hydrogen-bond donors (Lipinski definition) is 1. The third-order valence-electron chi connectivity index (χ3n) is 4.20. The van der Waals surface area contributed by atoms with Gasteiger partial charge in [-0.05, 0) is 20.3 Å². The van der Waals surface area contributed by atoms with Gasteiger partial charge in [-0.1, -0.05) is 25.1 Å². The van der Waals surface area contributed by atoms with Crippen LogP contribution in [0.15, 0.2) is 4.99 Å². The van der Waals surface area contributed by atoms with Crippen LogP contribution < -0.4 is 5.32 Å². The number of esters is 1. The number of fused-ring (bicyclic) bond motifs is 1. The maximum atomic E-state index is 11.5. The lowest BCUT2D eigenvalue weighted by Crippen LogP contribution is -2.48. The first-order valence-electron chi connectivity index (χ1n) is 8.52. The highest BCUT2D eigenvalue weighted by Gasteiger charge is 2.58. The third-order valence-corrected chi connectivity index (χ3v) is 5.25. The summed E-state index contributed by atoms with van der Waals surface area (Å²) in [5.41, 5.74) is 0. The highest BCUT2D eigenvalue weighted by molar-refractivity contribution is 8.14. The second-order valence-corrected chi connectivity index (χ2v) is 7.75. The van der Waals surface area contributed by atoms with Crippen molar-refractivity contribution < 1.29 is 23.7 Å². The first-order chi connectivity index (χ1) is 11.4. The molecule has 3 heterocycles. The molecule has 136 valence electrons. The van der Waals surface area contributed by atoms with Gasteiger partial charge < -0.3 is 24.3 Å². The van der Waals surface area contributed by atoms with Gasteiger partial charge in [0.2, 0.25) is 0 Å². The molecule has 0 bridgehead atoms. The van der Waals surface area contributed by atoms with Crippen LogP contribution in [0, 0.1) is 0 Å². The normalized spacial score (nSPS) is 39.0. The molecule has 3 aliphatic heterocycles. The van der Waals surface area contributed by atoms with Crippen LogP contribution in [0.2, 0.25) is 0 Å². The van der Waals surface area contributed by atoms with Crippen molar-refractivity contribution in [1.29, 1.82) is 0 Å². The molecule has 3 fully saturated rings. The van der Waals surface area contributed by atoms with Gasteiger partial charge in [0.1, 0.15) is 6.10 Å². The summed E-state index contributed by atoms with van der Waals surface area (Å²) in [4.78, 5) is 16.1. The Morgan fingerprint density at radius 3 is 2.92 bits per heavy atom. The molecule has 0 amide bonds. The summed E-state index contributed by atoms with van der Waals surface area (Å²) in [7, 11) is 0. The van der Waals surface area contributed by atoms with Crippen molar-refractivity contribution in [1.82, 2.24) is 5.32 Å². The second-order valence-electron chi connectivity index (χ2n) is 6.75. The average Bonchev–Trinajstić information content (AvgIpc) is 3.13. The van der Waals surface area contributed by atoms with Gasteiger partial charge in [0, 0.05) is 19.2 Å². The molecule has 24 heavy (non-hydrogen) atoms. The minimum absolute atomic E-state index is 0.0145. The Hall–Kier alpha value is -0.830. The van der Waals surface area contributed by atoms with Crippen LogP contribution in [0.1, 0.15) is 40.5 Å². The molecule has 0 aromatic carbocycles. The Labute approximate surface area is 146 Å². The summed E-state index contributed by atoms with van der Waals surface area (Å²) < 4.78 is 23.2. The van der Waals surface area contributed by atoms with Crippen molar-refractivity contribution in [2.24, 2.45) is 4.99 Å². The number of ether oxygens (including phenoxy) is 4. The Morgan fingerprint density at radius 1 is 1.42 bits per heavy atom. The molecule has 0 saturated carbocycles. The van der Waals surface area contributed by atoms with Crippen LogP contribution >= 0.6 is 11.8 Å². The molecule has 8 heteroatoms. The fraction of sp³-hybridized carbons (Fsp3) is 0.875. The smallest absolute Gasteiger partial charge is 0.303 e. The molecule has 0 radical (unpaired) electrons. The molecule has 1 N–H and O–H groups in total. The first kappa shape index (κ1) is 18.0. The second kappa shape index (κ2) is 7.19. The predicted molar refractivity (Wildman–Crippen MR) is 90.8 cm³/mol. The van der Waals surface area contributed by atoms with Crippen molar-refractivity contribution in [2.45, 2.75) is 77.0 Å². The number of nitrogens with zero attached hydrogens (tertiary/aromatic N) is 1. The Kier molecular flexibility index (Phi) is 5.39. The summed E-state index contributed by atoms with van der Waals surface area (Å²) in [5.74, 6) is -0.260. The number of thioether (sulfide) groups is 1. The molecule has 0 aliphatic carbocycles. The standard InChI is InChI=1S/C16H26N2O5S/c1-5-6-7-17-15-18-10(8-24-15)11-12(20-9(2)19)13-14(21-11)23-16(3,4)22-13/h10-14H,5-8H2,1-4H3,(H,17,18)/t10-,11-,12+,13-,14-/m1/s1. The summed E-state index contributed by atoms with van der Waals surface area (Å²) in [5, 5.41) is 4.32. The largest absolute Gasteiger partial charge is 0.457 e. The Bertz CT molecular complexity index is 513. The molecule has 5 atom stereocenters. The van der Waals surface area contributed by atoms with E-state index in [2.05, 4.69) is 17.2 Å². The minimum atomic E-state index is -0.733. The van der Waals surface area contributed by atoms with Crippen molar-refractivity contribution >= 4 is 22.9 Å². The molecule has 0 spiro atoms. The van der Waals surface area contributed by atoms with E-state index in [-0.39, 0.29) is 18.1 Å². The summed E-state index contributed by atoms with van der Waals surface area (Å²) in [6.07, 6.45) is 0.490. The van der Waals surface area contributed by atoms with Crippen molar-refractivity contribution in [3.63, 3.8) is 0 Å². The molecule has 3 rings (SSSR count). The van der Waals surface area contributed by atoms with Gasteiger partial charge in [0.25, 0.3) is 0 Å². The van der Waals surface area contributed by atoms with Crippen molar-refractivity contribution in [3.05, 3.63) is 0 Å². The topological polar surface area (TPSA) is 78.4 Å². The molecule has 7 nitrogen and oxygen atoms in total. The molecular formula is C16H26N2O5S. The maximum Gasteiger partial charge on any atom is 0.303 e. The number of hydrogen-bond acceptors (Lipinski definition) is 7. The number of aliphatic imine (C=N–C) groups is 1. The highest BCUT2D eigenvalue weighted by atomic mass is 32.2. The number of carbonyl (C=O) groups excluding carboxylic acids is 1. The first-order valence-corrected chi connectivity index (χ1v) is 9.50. The molecule has 0 aromatic rings. The summed E-state index contributed by atoms with van der Waals surface area (Å²) in [6, 6.07) is 0.0145. The Morgan fingerprint density at radius 2 is 2.21 bits per heavy atom. The zero-order chi connectivity index (χ0) is 17.3. The van der Waals surface area contributed by atoms with Gasteiger partial charge in [-0.3, -0.25) is 9.79 Å². The maximum absolute atomic E-state index is 11.5. The quantitative estimate of drug-likeness (QED) is 0.591. The minimum Gasteiger partial charge on any atom is -0.457 e.